The summed E-state index contributed by atoms with van der Waals surface area (Å²) in [7, 11) is 0. The molecule has 3 aromatic carbocycles. The van der Waals surface area contributed by atoms with Crippen molar-refractivity contribution < 1.29 is 9.53 Å². The maximum absolute atomic E-state index is 12.9. The second-order valence-corrected chi connectivity index (χ2v) is 9.22. The highest BCUT2D eigenvalue weighted by Gasteiger charge is 2.30. The van der Waals surface area contributed by atoms with Gasteiger partial charge in [0.05, 0.1) is 0 Å². The van der Waals surface area contributed by atoms with Gasteiger partial charge in [-0.05, 0) is 52.4 Å². The molecule has 5 rings (SSSR count). The third-order valence-electron chi connectivity index (χ3n) is 6.86. The van der Waals surface area contributed by atoms with E-state index < -0.39 is 0 Å². The Labute approximate surface area is 200 Å². The molecule has 33 heavy (non-hydrogen) atoms. The van der Waals surface area contributed by atoms with Gasteiger partial charge in [-0.15, -0.1) is 12.6 Å². The monoisotopic (exact) mass is 459 g/mol. The molecule has 1 heterocycles. The Hall–Kier alpha value is -2.96. The molecule has 6 heteroatoms. The molecule has 0 unspecified atom stereocenters. The van der Waals surface area contributed by atoms with Gasteiger partial charge < -0.3 is 20.3 Å². The van der Waals surface area contributed by atoms with Crippen molar-refractivity contribution in [2.24, 2.45) is 5.73 Å². The highest BCUT2D eigenvalue weighted by atomic mass is 32.1. The van der Waals surface area contributed by atoms with E-state index >= 15 is 0 Å². The van der Waals surface area contributed by atoms with Gasteiger partial charge in [0, 0.05) is 49.2 Å². The largest absolute Gasteiger partial charge is 0.448 e. The summed E-state index contributed by atoms with van der Waals surface area (Å²) in [5.74, 6) is 0.0816. The van der Waals surface area contributed by atoms with Crippen LogP contribution in [0, 0.1) is 6.92 Å². The fourth-order valence-electron chi connectivity index (χ4n) is 5.00. The van der Waals surface area contributed by atoms with E-state index in [1.54, 1.807) is 0 Å². The molecule has 0 radical (unpaired) electrons. The van der Waals surface area contributed by atoms with E-state index in [0.29, 0.717) is 26.2 Å². The topological polar surface area (TPSA) is 58.8 Å². The summed E-state index contributed by atoms with van der Waals surface area (Å²) >= 11 is 4.60. The minimum absolute atomic E-state index is 0.0816. The van der Waals surface area contributed by atoms with Crippen LogP contribution in [-0.2, 0) is 11.3 Å². The number of piperazine rings is 1. The van der Waals surface area contributed by atoms with Gasteiger partial charge >= 0.3 is 6.09 Å². The average Bonchev–Trinajstić information content (AvgIpc) is 3.18. The molecular formula is C27H29N3O2S. The quantitative estimate of drug-likeness (QED) is 0.550. The fourth-order valence-corrected chi connectivity index (χ4v) is 5.28. The maximum Gasteiger partial charge on any atom is 0.409 e. The Bertz CT molecular complexity index is 1140. The maximum atomic E-state index is 12.9. The number of carbonyl (C=O) groups is 1. The molecule has 2 N–H and O–H groups in total. The molecule has 1 aliphatic heterocycles. The van der Waals surface area contributed by atoms with Crippen LogP contribution in [-0.4, -0.2) is 43.8 Å². The summed E-state index contributed by atoms with van der Waals surface area (Å²) in [6, 6.07) is 21.0. The number of benzene rings is 3. The first kappa shape index (κ1) is 21.9. The van der Waals surface area contributed by atoms with Crippen LogP contribution in [0.2, 0.25) is 0 Å². The Morgan fingerprint density at radius 2 is 1.61 bits per heavy atom. The van der Waals surface area contributed by atoms with Crippen LogP contribution in [0.3, 0.4) is 0 Å². The van der Waals surface area contributed by atoms with Crippen LogP contribution in [0.4, 0.5) is 10.5 Å². The molecule has 5 nitrogen and oxygen atoms in total. The SMILES string of the molecule is Cc1c(S)cc(CN)cc1N1CCN(C(=O)OCC2c3ccccc3-c3ccccc32)CC1. The van der Waals surface area contributed by atoms with Crippen LogP contribution in [0.15, 0.2) is 65.6 Å². The minimum Gasteiger partial charge on any atom is -0.448 e. The number of hydrogen-bond donors (Lipinski definition) is 2. The summed E-state index contributed by atoms with van der Waals surface area (Å²) in [6.07, 6.45) is -0.237. The van der Waals surface area contributed by atoms with Gasteiger partial charge in [0.2, 0.25) is 0 Å². The predicted octanol–water partition coefficient (Wildman–Crippen LogP) is 4.81. The van der Waals surface area contributed by atoms with E-state index in [2.05, 4.69) is 79.0 Å². The lowest BCUT2D eigenvalue weighted by Gasteiger charge is -2.36. The number of ether oxygens (including phenoxy) is 1. The van der Waals surface area contributed by atoms with Crippen LogP contribution in [0.25, 0.3) is 11.1 Å². The number of fused-ring (bicyclic) bond motifs is 3. The first-order valence-electron chi connectivity index (χ1n) is 11.4. The zero-order chi connectivity index (χ0) is 22.9. The summed E-state index contributed by atoms with van der Waals surface area (Å²) < 4.78 is 5.84. The molecule has 0 bridgehead atoms. The number of hydrogen-bond acceptors (Lipinski definition) is 5. The predicted molar refractivity (Wildman–Crippen MR) is 135 cm³/mol. The van der Waals surface area contributed by atoms with Crippen LogP contribution in [0.5, 0.6) is 0 Å². The molecule has 0 atom stereocenters. The van der Waals surface area contributed by atoms with Gasteiger partial charge in [-0.3, -0.25) is 0 Å². The van der Waals surface area contributed by atoms with Crippen molar-refractivity contribution in [3.05, 3.63) is 82.9 Å². The molecule has 3 aromatic rings. The fraction of sp³-hybridized carbons (Fsp3) is 0.296. The van der Waals surface area contributed by atoms with Gasteiger partial charge in [-0.25, -0.2) is 4.79 Å². The van der Waals surface area contributed by atoms with Crippen molar-refractivity contribution in [2.45, 2.75) is 24.3 Å². The smallest absolute Gasteiger partial charge is 0.409 e. The Morgan fingerprint density at radius 1 is 1.00 bits per heavy atom. The van der Waals surface area contributed by atoms with Gasteiger partial charge in [-0.2, -0.15) is 0 Å². The second kappa shape index (κ2) is 9.12. The van der Waals surface area contributed by atoms with Crippen molar-refractivity contribution >= 4 is 24.4 Å². The summed E-state index contributed by atoms with van der Waals surface area (Å²) in [4.78, 5) is 18.0. The highest BCUT2D eigenvalue weighted by Crippen LogP contribution is 2.44. The molecular weight excluding hydrogens is 430 g/mol. The second-order valence-electron chi connectivity index (χ2n) is 8.74. The third-order valence-corrected chi connectivity index (χ3v) is 7.33. The molecule has 1 fully saturated rings. The zero-order valence-electron chi connectivity index (χ0n) is 18.8. The van der Waals surface area contributed by atoms with E-state index in [9.17, 15) is 4.79 Å². The molecule has 0 saturated carbocycles. The van der Waals surface area contributed by atoms with Crippen LogP contribution >= 0.6 is 12.6 Å². The first-order valence-corrected chi connectivity index (χ1v) is 11.9. The van der Waals surface area contributed by atoms with Gasteiger partial charge in [0.1, 0.15) is 6.61 Å². The van der Waals surface area contributed by atoms with Crippen molar-refractivity contribution in [1.82, 2.24) is 4.90 Å². The molecule has 1 amide bonds. The molecule has 170 valence electrons. The van der Waals surface area contributed by atoms with E-state index in [4.69, 9.17) is 10.5 Å². The standard InChI is InChI=1S/C27H29N3O2S/c1-18-25(14-19(16-28)15-26(18)33)29-10-12-30(13-11-29)27(31)32-17-24-22-8-4-2-6-20(22)21-7-3-5-9-23(21)24/h2-9,14-15,24,33H,10-13,16-17,28H2,1H3. The summed E-state index contributed by atoms with van der Waals surface area (Å²) in [6.45, 7) is 5.69. The average molecular weight is 460 g/mol. The van der Waals surface area contributed by atoms with Crippen molar-refractivity contribution in [1.29, 1.82) is 0 Å². The molecule has 0 aromatic heterocycles. The number of anilines is 1. The van der Waals surface area contributed by atoms with Crippen LogP contribution in [0.1, 0.15) is 28.2 Å². The van der Waals surface area contributed by atoms with Crippen molar-refractivity contribution in [3.63, 3.8) is 0 Å². The minimum atomic E-state index is -0.237. The zero-order valence-corrected chi connectivity index (χ0v) is 19.7. The Morgan fingerprint density at radius 3 is 2.21 bits per heavy atom. The number of carbonyl (C=O) groups excluding carboxylic acids is 1. The third kappa shape index (κ3) is 4.09. The highest BCUT2D eigenvalue weighted by molar-refractivity contribution is 7.80. The van der Waals surface area contributed by atoms with Gasteiger partial charge in [-0.1, -0.05) is 48.5 Å². The Kier molecular flexibility index (Phi) is 6.04. The number of nitrogens with zero attached hydrogens (tertiary/aromatic N) is 2. The molecule has 1 aliphatic carbocycles. The number of amides is 1. The normalized spacial score (nSPS) is 15.4. The van der Waals surface area contributed by atoms with Crippen LogP contribution < -0.4 is 10.6 Å². The lowest BCUT2D eigenvalue weighted by atomic mass is 9.98. The number of thiol groups is 1. The number of nitrogens with two attached hydrogens (primary N) is 1. The van der Waals surface area contributed by atoms with Crippen molar-refractivity contribution in [2.75, 3.05) is 37.7 Å². The summed E-state index contributed by atoms with van der Waals surface area (Å²) in [5, 5.41) is 0. The van der Waals surface area contributed by atoms with Crippen molar-refractivity contribution in [3.8, 4) is 11.1 Å². The van der Waals surface area contributed by atoms with E-state index in [0.717, 1.165) is 34.8 Å². The summed E-state index contributed by atoms with van der Waals surface area (Å²) in [5.41, 5.74) is 14.1. The first-order chi connectivity index (χ1) is 16.1. The van der Waals surface area contributed by atoms with E-state index in [1.165, 1.54) is 22.3 Å². The lowest BCUT2D eigenvalue weighted by molar-refractivity contribution is 0.0977. The molecule has 2 aliphatic rings. The molecule has 1 saturated heterocycles. The van der Waals surface area contributed by atoms with Gasteiger partial charge in [0.15, 0.2) is 0 Å². The Balaban J connectivity index is 1.23. The lowest BCUT2D eigenvalue weighted by Crippen LogP contribution is -2.49. The van der Waals surface area contributed by atoms with E-state index in [-0.39, 0.29) is 12.0 Å². The van der Waals surface area contributed by atoms with Gasteiger partial charge in [0.25, 0.3) is 0 Å². The number of rotatable bonds is 4. The van der Waals surface area contributed by atoms with E-state index in [1.807, 2.05) is 11.0 Å². The molecule has 0 spiro atoms.